The van der Waals surface area contributed by atoms with E-state index < -0.39 is 6.10 Å². The average molecular weight is 420 g/mol. The minimum atomic E-state index is -1.04. The first-order chi connectivity index (χ1) is 15.7. The van der Waals surface area contributed by atoms with Gasteiger partial charge in [-0.05, 0) is 23.8 Å². The minimum absolute atomic E-state index is 0.0918. The van der Waals surface area contributed by atoms with Crippen LogP contribution in [0.4, 0.5) is 5.95 Å². The lowest BCUT2D eigenvalue weighted by Crippen LogP contribution is -2.07. The number of aromatic nitrogens is 6. The Labute approximate surface area is 182 Å². The molecule has 0 aliphatic carbocycles. The molecule has 0 spiro atoms. The quantitative estimate of drug-likeness (QED) is 0.452. The predicted molar refractivity (Wildman–Crippen MR) is 117 cm³/mol. The number of hydrogen-bond donors (Lipinski definition) is 2. The fraction of sp³-hybridized carbons (Fsp3) is 0.0435. The number of nitrogens with two attached hydrogens (primary N) is 1. The third-order valence-corrected chi connectivity index (χ3v) is 4.99. The van der Waals surface area contributed by atoms with E-state index in [1.165, 1.54) is 10.8 Å². The molecule has 0 aliphatic rings. The van der Waals surface area contributed by atoms with E-state index >= 15 is 0 Å². The van der Waals surface area contributed by atoms with E-state index in [2.05, 4.69) is 31.1 Å². The third-order valence-electron chi connectivity index (χ3n) is 4.99. The van der Waals surface area contributed by atoms with Crippen LogP contribution in [0.3, 0.4) is 0 Å². The fourth-order valence-corrected chi connectivity index (χ4v) is 3.49. The van der Waals surface area contributed by atoms with E-state index in [1.807, 2.05) is 24.3 Å². The highest BCUT2D eigenvalue weighted by atomic mass is 16.3. The lowest BCUT2D eigenvalue weighted by Gasteiger charge is -2.11. The van der Waals surface area contributed by atoms with Crippen molar-refractivity contribution in [3.8, 4) is 28.6 Å². The van der Waals surface area contributed by atoms with Gasteiger partial charge in [0.1, 0.15) is 12.4 Å². The van der Waals surface area contributed by atoms with Crippen molar-refractivity contribution in [2.45, 2.75) is 6.10 Å². The number of hydrogen-bond acceptors (Lipinski definition) is 8. The van der Waals surface area contributed by atoms with Crippen LogP contribution >= 0.6 is 0 Å². The van der Waals surface area contributed by atoms with Crippen LogP contribution in [0.15, 0.2) is 73.2 Å². The summed E-state index contributed by atoms with van der Waals surface area (Å²) in [6.07, 6.45) is 1.99. The number of nitriles is 1. The number of nitrogen functional groups attached to an aromatic ring is 1. The molecular weight excluding hydrogens is 404 g/mol. The van der Waals surface area contributed by atoms with Crippen molar-refractivity contribution in [1.29, 1.82) is 5.26 Å². The van der Waals surface area contributed by atoms with E-state index in [4.69, 9.17) is 5.73 Å². The molecule has 1 atom stereocenters. The molecule has 9 heteroatoms. The highest BCUT2D eigenvalue weighted by molar-refractivity contribution is 5.89. The second kappa shape index (κ2) is 7.86. The number of benzene rings is 2. The van der Waals surface area contributed by atoms with Crippen LogP contribution in [0, 0.1) is 11.3 Å². The molecule has 0 radical (unpaired) electrons. The van der Waals surface area contributed by atoms with Gasteiger partial charge in [0.15, 0.2) is 11.5 Å². The van der Waals surface area contributed by atoms with Gasteiger partial charge < -0.3 is 10.8 Å². The monoisotopic (exact) mass is 420 g/mol. The molecular formula is C23H16N8O. The lowest BCUT2D eigenvalue weighted by atomic mass is 10.0. The van der Waals surface area contributed by atoms with Crippen LogP contribution in [0.25, 0.3) is 28.2 Å². The van der Waals surface area contributed by atoms with Crippen molar-refractivity contribution in [3.63, 3.8) is 0 Å². The molecule has 3 heterocycles. The summed E-state index contributed by atoms with van der Waals surface area (Å²) in [5, 5.41) is 24.6. The van der Waals surface area contributed by atoms with Crippen molar-refractivity contribution in [2.24, 2.45) is 0 Å². The van der Waals surface area contributed by atoms with Crippen molar-refractivity contribution in [2.75, 3.05) is 5.73 Å². The van der Waals surface area contributed by atoms with Crippen LogP contribution < -0.4 is 5.73 Å². The zero-order chi connectivity index (χ0) is 22.1. The molecule has 9 nitrogen and oxygen atoms in total. The molecule has 0 aliphatic heterocycles. The molecule has 3 N–H and O–H groups in total. The summed E-state index contributed by atoms with van der Waals surface area (Å²) in [7, 11) is 0. The second-order valence-electron chi connectivity index (χ2n) is 7.00. The van der Waals surface area contributed by atoms with Gasteiger partial charge in [-0.3, -0.25) is 0 Å². The van der Waals surface area contributed by atoms with Gasteiger partial charge in [0.2, 0.25) is 5.95 Å². The molecule has 2 aromatic carbocycles. The Morgan fingerprint density at radius 3 is 2.62 bits per heavy atom. The van der Waals surface area contributed by atoms with Crippen LogP contribution in [0.2, 0.25) is 0 Å². The van der Waals surface area contributed by atoms with Gasteiger partial charge in [-0.2, -0.15) is 9.78 Å². The molecule has 3 aromatic heterocycles. The maximum Gasteiger partial charge on any atom is 0.223 e. The minimum Gasteiger partial charge on any atom is -0.380 e. The van der Waals surface area contributed by atoms with Crippen LogP contribution in [-0.2, 0) is 0 Å². The van der Waals surface area contributed by atoms with E-state index in [9.17, 15) is 10.4 Å². The molecule has 0 amide bonds. The SMILES string of the molecule is N#Cc1cccc(-c2nc(N)n3nc(C(O)c4ccccc4)nc3c2-c2ccncn2)c1. The second-order valence-corrected chi connectivity index (χ2v) is 7.00. The Balaban J connectivity index is 1.79. The Hall–Kier alpha value is -4.68. The number of fused-ring (bicyclic) bond motifs is 1. The van der Waals surface area contributed by atoms with E-state index in [1.54, 1.807) is 42.6 Å². The number of aliphatic hydroxyl groups excluding tert-OH is 1. The highest BCUT2D eigenvalue weighted by Gasteiger charge is 2.23. The molecule has 1 unspecified atom stereocenters. The standard InChI is InChI=1S/C23H16N8O/c24-12-14-5-4-8-16(11-14)19-18(17-9-10-26-13-27-17)22-29-21(30-31(22)23(25)28-19)20(32)15-6-2-1-3-7-15/h1-11,13,20,32H,(H2,25,28). The first kappa shape index (κ1) is 19.3. The molecule has 0 saturated carbocycles. The van der Waals surface area contributed by atoms with Gasteiger partial charge in [0.25, 0.3) is 0 Å². The maximum absolute atomic E-state index is 10.8. The fourth-order valence-electron chi connectivity index (χ4n) is 3.49. The summed E-state index contributed by atoms with van der Waals surface area (Å²) >= 11 is 0. The van der Waals surface area contributed by atoms with Gasteiger partial charge in [0.05, 0.1) is 28.6 Å². The summed E-state index contributed by atoms with van der Waals surface area (Å²) in [5.74, 6) is 0.275. The molecule has 5 aromatic rings. The largest absolute Gasteiger partial charge is 0.380 e. The van der Waals surface area contributed by atoms with Gasteiger partial charge in [-0.1, -0.05) is 42.5 Å². The molecule has 0 saturated heterocycles. The van der Waals surface area contributed by atoms with Crippen molar-refractivity contribution in [1.82, 2.24) is 29.5 Å². The van der Waals surface area contributed by atoms with Crippen molar-refractivity contribution >= 4 is 11.6 Å². The van der Waals surface area contributed by atoms with Gasteiger partial charge in [0, 0.05) is 11.8 Å². The maximum atomic E-state index is 10.8. The van der Waals surface area contributed by atoms with Crippen molar-refractivity contribution < 1.29 is 5.11 Å². The molecule has 154 valence electrons. The zero-order valence-electron chi connectivity index (χ0n) is 16.7. The van der Waals surface area contributed by atoms with Gasteiger partial charge in [-0.25, -0.2) is 19.9 Å². The van der Waals surface area contributed by atoms with Gasteiger partial charge >= 0.3 is 0 Å². The Kier molecular flexibility index (Phi) is 4.74. The first-order valence-electron chi connectivity index (χ1n) is 9.72. The predicted octanol–water partition coefficient (Wildman–Crippen LogP) is 2.78. The highest BCUT2D eigenvalue weighted by Crippen LogP contribution is 2.34. The summed E-state index contributed by atoms with van der Waals surface area (Å²) in [4.78, 5) is 17.5. The first-order valence-corrected chi connectivity index (χ1v) is 9.72. The topological polar surface area (TPSA) is 139 Å². The zero-order valence-corrected chi connectivity index (χ0v) is 16.7. The number of aliphatic hydroxyl groups is 1. The smallest absolute Gasteiger partial charge is 0.223 e. The Bertz CT molecular complexity index is 1460. The van der Waals surface area contributed by atoms with Crippen LogP contribution in [-0.4, -0.2) is 34.7 Å². The summed E-state index contributed by atoms with van der Waals surface area (Å²) < 4.78 is 1.39. The van der Waals surface area contributed by atoms with Gasteiger partial charge in [-0.15, -0.1) is 5.10 Å². The van der Waals surface area contributed by atoms with Crippen LogP contribution in [0.1, 0.15) is 23.1 Å². The van der Waals surface area contributed by atoms with E-state index in [0.717, 1.165) is 0 Å². The summed E-state index contributed by atoms with van der Waals surface area (Å²) in [6.45, 7) is 0. The summed E-state index contributed by atoms with van der Waals surface area (Å²) in [6, 6.07) is 20.0. The molecule has 0 fully saturated rings. The third kappa shape index (κ3) is 3.30. The molecule has 5 rings (SSSR count). The van der Waals surface area contributed by atoms with E-state index in [-0.39, 0.29) is 11.8 Å². The number of rotatable bonds is 4. The molecule has 32 heavy (non-hydrogen) atoms. The Morgan fingerprint density at radius 1 is 1.03 bits per heavy atom. The molecule has 0 bridgehead atoms. The Morgan fingerprint density at radius 2 is 1.88 bits per heavy atom. The normalized spacial score (nSPS) is 11.9. The van der Waals surface area contributed by atoms with Crippen LogP contribution in [0.5, 0.6) is 0 Å². The lowest BCUT2D eigenvalue weighted by molar-refractivity contribution is 0.210. The van der Waals surface area contributed by atoms with E-state index in [0.29, 0.717) is 39.3 Å². The summed E-state index contributed by atoms with van der Waals surface area (Å²) in [5.41, 5.74) is 10.1. The number of anilines is 1. The number of nitrogens with zero attached hydrogens (tertiary/aromatic N) is 7. The van der Waals surface area contributed by atoms with Crippen molar-refractivity contribution in [3.05, 3.63) is 90.1 Å². The average Bonchev–Trinajstić information content (AvgIpc) is 3.30.